The van der Waals surface area contributed by atoms with Crippen molar-refractivity contribution < 1.29 is 64.6 Å². The van der Waals surface area contributed by atoms with E-state index in [4.69, 9.17) is 18.9 Å². The Kier molecular flexibility index (Phi) is 42.5. The van der Waals surface area contributed by atoms with E-state index in [1.165, 1.54) is 199 Å². The van der Waals surface area contributed by atoms with Crippen molar-refractivity contribution in [1.82, 2.24) is 5.32 Å². The zero-order chi connectivity index (χ0) is 53.2. The highest BCUT2D eigenvalue weighted by molar-refractivity contribution is 5.76. The van der Waals surface area contributed by atoms with Crippen LogP contribution in [0.5, 0.6) is 0 Å². The van der Waals surface area contributed by atoms with Crippen molar-refractivity contribution in [3.05, 3.63) is 12.2 Å². The van der Waals surface area contributed by atoms with Crippen LogP contribution in [0.4, 0.5) is 0 Å². The number of hydrogen-bond acceptors (Lipinski definition) is 13. The molecule has 2 aliphatic heterocycles. The molecule has 1 amide bonds. The first-order chi connectivity index (χ1) is 35.6. The summed E-state index contributed by atoms with van der Waals surface area (Å²) < 4.78 is 22.7. The Bertz CT molecular complexity index is 1280. The predicted octanol–water partition coefficient (Wildman–Crippen LogP) is 10.3. The second-order valence-corrected chi connectivity index (χ2v) is 21.8. The minimum atomic E-state index is -1.78. The number of carbonyl (C=O) groups excluding carboxylic acids is 1. The SMILES string of the molecule is CCCCCCCCCCCCCCCCCCCCCCCCCCCCCCC/C=C/C(O)C(COC1OC(CO)C(OC2OC(CO)C(O)C(O)C2O)C(O)C1O)NC(=O)CCCCCCCCCC. The molecule has 2 fully saturated rings. The summed E-state index contributed by atoms with van der Waals surface area (Å²) in [4.78, 5) is 13.1. The molecule has 0 bridgehead atoms. The van der Waals surface area contributed by atoms with Gasteiger partial charge in [-0.2, -0.15) is 0 Å². The molecule has 73 heavy (non-hydrogen) atoms. The highest BCUT2D eigenvalue weighted by atomic mass is 16.7. The lowest BCUT2D eigenvalue weighted by molar-refractivity contribution is -0.359. The standard InChI is InChI=1S/C59H113NO13/c1-3-5-7-9-11-13-14-15-16-17-18-19-20-21-22-23-24-25-26-27-28-29-30-31-32-33-34-35-36-38-40-42-48(63)47(60-51(64)43-41-39-37-12-10-8-6-4-2)46-70-58-56(69)54(67)57(50(45-62)72-58)73-59-55(68)53(66)52(65)49(44-61)71-59/h40,42,47-50,52-59,61-63,65-69H,3-39,41,43-46H2,1-2H3,(H,60,64)/b42-40+. The van der Waals surface area contributed by atoms with Crippen molar-refractivity contribution in [2.45, 2.75) is 338 Å². The highest BCUT2D eigenvalue weighted by Crippen LogP contribution is 2.30. The van der Waals surface area contributed by atoms with Crippen LogP contribution in [-0.2, 0) is 23.7 Å². The monoisotopic (exact) mass is 1040 g/mol. The van der Waals surface area contributed by atoms with E-state index in [2.05, 4.69) is 19.2 Å². The Morgan fingerprint density at radius 3 is 1.26 bits per heavy atom. The number of aliphatic hydroxyl groups is 8. The van der Waals surface area contributed by atoms with Crippen molar-refractivity contribution in [2.24, 2.45) is 0 Å². The molecule has 14 nitrogen and oxygen atoms in total. The maximum Gasteiger partial charge on any atom is 0.220 e. The second-order valence-electron chi connectivity index (χ2n) is 21.8. The van der Waals surface area contributed by atoms with E-state index < -0.39 is 86.8 Å². The van der Waals surface area contributed by atoms with Crippen LogP contribution in [-0.4, -0.2) is 140 Å². The number of aliphatic hydroxyl groups excluding tert-OH is 8. The molecule has 0 radical (unpaired) electrons. The van der Waals surface area contributed by atoms with Crippen LogP contribution in [0.15, 0.2) is 12.2 Å². The molecule has 12 unspecified atom stereocenters. The topological polar surface area (TPSA) is 228 Å². The number of nitrogens with one attached hydrogen (secondary N) is 1. The molecule has 0 aromatic carbocycles. The lowest BCUT2D eigenvalue weighted by Crippen LogP contribution is -2.65. The first-order valence-corrected chi connectivity index (χ1v) is 30.4. The van der Waals surface area contributed by atoms with Gasteiger partial charge in [0.15, 0.2) is 12.6 Å². The summed E-state index contributed by atoms with van der Waals surface area (Å²) in [5, 5.41) is 86.8. The Morgan fingerprint density at radius 1 is 0.479 bits per heavy atom. The summed E-state index contributed by atoms with van der Waals surface area (Å²) >= 11 is 0. The third-order valence-corrected chi connectivity index (χ3v) is 15.2. The van der Waals surface area contributed by atoms with Crippen LogP contribution in [0.1, 0.15) is 264 Å². The average molecular weight is 1040 g/mol. The molecule has 0 spiro atoms. The van der Waals surface area contributed by atoms with E-state index in [0.29, 0.717) is 6.42 Å². The third-order valence-electron chi connectivity index (χ3n) is 15.2. The van der Waals surface area contributed by atoms with Crippen molar-refractivity contribution in [1.29, 1.82) is 0 Å². The zero-order valence-corrected chi connectivity index (χ0v) is 46.4. The van der Waals surface area contributed by atoms with Gasteiger partial charge in [0.05, 0.1) is 32.0 Å². The average Bonchev–Trinajstić information content (AvgIpc) is 3.39. The van der Waals surface area contributed by atoms with Crippen molar-refractivity contribution in [3.8, 4) is 0 Å². The molecule has 0 aromatic heterocycles. The Balaban J connectivity index is 1.62. The molecule has 0 aliphatic carbocycles. The maximum absolute atomic E-state index is 13.1. The number of unbranched alkanes of at least 4 members (excludes halogenated alkanes) is 36. The smallest absolute Gasteiger partial charge is 0.220 e. The van der Waals surface area contributed by atoms with E-state index >= 15 is 0 Å². The molecule has 0 saturated carbocycles. The lowest BCUT2D eigenvalue weighted by atomic mass is 9.97. The van der Waals surface area contributed by atoms with Crippen LogP contribution in [0.2, 0.25) is 0 Å². The zero-order valence-electron chi connectivity index (χ0n) is 46.4. The van der Waals surface area contributed by atoms with Gasteiger partial charge in [-0.1, -0.05) is 251 Å². The van der Waals surface area contributed by atoms with E-state index in [-0.39, 0.29) is 18.9 Å². The van der Waals surface area contributed by atoms with Crippen LogP contribution < -0.4 is 5.32 Å². The third kappa shape index (κ3) is 31.7. The molecule has 9 N–H and O–H groups in total. The molecule has 432 valence electrons. The van der Waals surface area contributed by atoms with Crippen LogP contribution in [0.3, 0.4) is 0 Å². The van der Waals surface area contributed by atoms with Gasteiger partial charge in [0.2, 0.25) is 5.91 Å². The van der Waals surface area contributed by atoms with E-state index in [1.807, 2.05) is 6.08 Å². The minimum absolute atomic E-state index is 0.241. The van der Waals surface area contributed by atoms with Gasteiger partial charge in [0, 0.05) is 6.42 Å². The fraction of sp³-hybridized carbons (Fsp3) is 0.949. The van der Waals surface area contributed by atoms with Gasteiger partial charge in [-0.25, -0.2) is 0 Å². The predicted molar refractivity (Wildman–Crippen MR) is 291 cm³/mol. The molecule has 2 heterocycles. The molecule has 2 aliphatic rings. The Morgan fingerprint density at radius 2 is 0.849 bits per heavy atom. The van der Waals surface area contributed by atoms with Gasteiger partial charge in [0.25, 0.3) is 0 Å². The van der Waals surface area contributed by atoms with Crippen LogP contribution in [0.25, 0.3) is 0 Å². The first kappa shape index (κ1) is 67.8. The van der Waals surface area contributed by atoms with Gasteiger partial charge >= 0.3 is 0 Å². The maximum atomic E-state index is 13.1. The van der Waals surface area contributed by atoms with E-state index in [9.17, 15) is 45.6 Å². The molecule has 12 atom stereocenters. The minimum Gasteiger partial charge on any atom is -0.394 e. The summed E-state index contributed by atoms with van der Waals surface area (Å²) in [5.41, 5.74) is 0. The molecule has 2 rings (SSSR count). The fourth-order valence-corrected chi connectivity index (χ4v) is 10.3. The Labute approximate surface area is 444 Å². The van der Waals surface area contributed by atoms with Crippen molar-refractivity contribution in [3.63, 3.8) is 0 Å². The fourth-order valence-electron chi connectivity index (χ4n) is 10.3. The summed E-state index contributed by atoms with van der Waals surface area (Å²) in [5.74, 6) is -0.241. The first-order valence-electron chi connectivity index (χ1n) is 30.4. The second kappa shape index (κ2) is 45.7. The van der Waals surface area contributed by atoms with Gasteiger partial charge < -0.3 is 65.1 Å². The van der Waals surface area contributed by atoms with Crippen LogP contribution in [0, 0.1) is 0 Å². The van der Waals surface area contributed by atoms with Crippen molar-refractivity contribution >= 4 is 5.91 Å². The number of carbonyl (C=O) groups is 1. The molecule has 0 aromatic rings. The summed E-state index contributed by atoms with van der Waals surface area (Å²) in [6, 6.07) is -0.907. The highest BCUT2D eigenvalue weighted by Gasteiger charge is 2.51. The summed E-state index contributed by atoms with van der Waals surface area (Å²) in [6.07, 6.45) is 35.9. The number of allylic oxidation sites excluding steroid dienone is 1. The molecule has 14 heteroatoms. The Hall–Kier alpha value is -1.27. The quantitative estimate of drug-likeness (QED) is 0.0204. The van der Waals surface area contributed by atoms with Gasteiger partial charge in [-0.3, -0.25) is 4.79 Å². The molecular formula is C59H113NO13. The van der Waals surface area contributed by atoms with E-state index in [1.54, 1.807) is 6.08 Å². The van der Waals surface area contributed by atoms with Gasteiger partial charge in [0.1, 0.15) is 48.8 Å². The van der Waals surface area contributed by atoms with Crippen molar-refractivity contribution in [2.75, 3.05) is 19.8 Å². The normalized spacial score (nSPS) is 25.4. The molecular weight excluding hydrogens is 931 g/mol. The molecule has 2 saturated heterocycles. The number of amides is 1. The largest absolute Gasteiger partial charge is 0.394 e. The number of hydrogen-bond donors (Lipinski definition) is 9. The summed E-state index contributed by atoms with van der Waals surface area (Å²) in [6.45, 7) is 2.78. The van der Waals surface area contributed by atoms with Gasteiger partial charge in [-0.05, 0) is 19.3 Å². The van der Waals surface area contributed by atoms with Crippen LogP contribution >= 0.6 is 0 Å². The summed E-state index contributed by atoms with van der Waals surface area (Å²) in [7, 11) is 0. The lowest BCUT2D eigenvalue weighted by Gasteiger charge is -2.46. The van der Waals surface area contributed by atoms with E-state index in [0.717, 1.165) is 38.5 Å². The number of ether oxygens (including phenoxy) is 4. The number of rotatable bonds is 49. The van der Waals surface area contributed by atoms with Gasteiger partial charge in [-0.15, -0.1) is 0 Å².